The molecule has 358 valence electrons. The zero-order valence-corrected chi connectivity index (χ0v) is 37.5. The summed E-state index contributed by atoms with van der Waals surface area (Å²) in [4.78, 5) is 13.1. The summed E-state index contributed by atoms with van der Waals surface area (Å²) in [5, 5.41) is 86.3. The number of rotatable bonds is 32. The lowest BCUT2D eigenvalue weighted by molar-refractivity contribution is -0.359. The van der Waals surface area contributed by atoms with Crippen LogP contribution in [0.15, 0.2) is 97.2 Å². The van der Waals surface area contributed by atoms with E-state index < -0.39 is 86.8 Å². The number of unbranched alkanes of at least 4 members (excludes halogenated alkanes) is 5. The minimum atomic E-state index is -1.80. The third-order valence-electron chi connectivity index (χ3n) is 10.5. The van der Waals surface area contributed by atoms with E-state index >= 15 is 0 Å². The summed E-state index contributed by atoms with van der Waals surface area (Å²) in [5.74, 6) is -0.340. The van der Waals surface area contributed by atoms with Crippen LogP contribution >= 0.6 is 0 Å². The van der Waals surface area contributed by atoms with E-state index in [4.69, 9.17) is 18.9 Å². The predicted molar refractivity (Wildman–Crippen MR) is 244 cm³/mol. The van der Waals surface area contributed by atoms with Crippen LogP contribution in [0.4, 0.5) is 0 Å². The van der Waals surface area contributed by atoms with E-state index in [-0.39, 0.29) is 18.9 Å². The first-order valence-corrected chi connectivity index (χ1v) is 23.0. The Morgan fingerprint density at radius 2 is 1.11 bits per heavy atom. The number of aliphatic hydroxyl groups is 8. The molecule has 12 unspecified atom stereocenters. The Kier molecular flexibility index (Phi) is 31.3. The molecule has 0 aliphatic carbocycles. The summed E-state index contributed by atoms with van der Waals surface area (Å²) in [6.45, 7) is 2.51. The minimum absolute atomic E-state index is 0.142. The second-order valence-corrected chi connectivity index (χ2v) is 15.8. The molecule has 2 aliphatic rings. The third-order valence-corrected chi connectivity index (χ3v) is 10.5. The summed E-state index contributed by atoms with van der Waals surface area (Å²) in [6, 6.07) is -0.975. The van der Waals surface area contributed by atoms with Gasteiger partial charge in [0.05, 0.1) is 32.0 Å². The number of carbonyl (C=O) groups is 1. The van der Waals surface area contributed by atoms with Crippen LogP contribution in [0.1, 0.15) is 110 Å². The lowest BCUT2D eigenvalue weighted by Gasteiger charge is -2.46. The fourth-order valence-electron chi connectivity index (χ4n) is 6.74. The zero-order chi connectivity index (χ0) is 46.1. The highest BCUT2D eigenvalue weighted by Gasteiger charge is 2.50. The monoisotopic (exact) mass is 890 g/mol. The van der Waals surface area contributed by atoms with E-state index in [0.717, 1.165) is 57.8 Å². The number of carbonyl (C=O) groups excluding carboxylic acids is 1. The maximum absolute atomic E-state index is 13.1. The van der Waals surface area contributed by atoms with E-state index in [9.17, 15) is 45.6 Å². The smallest absolute Gasteiger partial charge is 0.220 e. The minimum Gasteiger partial charge on any atom is -0.394 e. The number of aliphatic hydroxyl groups excluding tert-OH is 8. The Hall–Kier alpha value is -3.09. The van der Waals surface area contributed by atoms with Gasteiger partial charge in [-0.25, -0.2) is 0 Å². The van der Waals surface area contributed by atoms with Gasteiger partial charge in [-0.1, -0.05) is 130 Å². The van der Waals surface area contributed by atoms with Gasteiger partial charge in [0, 0.05) is 6.42 Å². The Morgan fingerprint density at radius 1 is 0.587 bits per heavy atom. The lowest BCUT2D eigenvalue weighted by Crippen LogP contribution is -2.65. The standard InChI is InChI=1S/C49H79NO13/c1-3-5-7-9-11-13-15-16-17-18-19-20-21-22-23-25-27-29-31-33-41(54)50-37(38(53)32-30-28-26-24-14-12-10-8-6-4-2)36-60-48-46(59)44(57)47(40(35-52)62-48)63-49-45(58)43(56)42(55)39(34-51)61-49/h5,7,11,13-14,16-17,19-20,22-24,27,29-30,32,37-40,42-49,51-53,55-59H,3-4,6,8-10,12,15,18,21,25-26,28,31,33-36H2,1-2H3,(H,50,54)/b7-5-,13-11-,17-16-,20-19-,23-22-,24-14+,29-27-,32-30+. The molecule has 0 aromatic rings. The van der Waals surface area contributed by atoms with Crippen molar-refractivity contribution in [1.82, 2.24) is 5.32 Å². The number of amides is 1. The molecule has 14 nitrogen and oxygen atoms in total. The van der Waals surface area contributed by atoms with Crippen LogP contribution < -0.4 is 5.32 Å². The number of hydrogen-bond donors (Lipinski definition) is 9. The van der Waals surface area contributed by atoms with Crippen LogP contribution in [0.25, 0.3) is 0 Å². The summed E-state index contributed by atoms with van der Waals surface area (Å²) in [6.07, 6.45) is 29.1. The van der Waals surface area contributed by atoms with E-state index in [2.05, 4.69) is 92.1 Å². The summed E-state index contributed by atoms with van der Waals surface area (Å²) < 4.78 is 22.5. The van der Waals surface area contributed by atoms with Crippen molar-refractivity contribution < 1.29 is 64.6 Å². The Balaban J connectivity index is 1.92. The van der Waals surface area contributed by atoms with Crippen molar-refractivity contribution in [2.24, 2.45) is 0 Å². The molecule has 2 fully saturated rings. The van der Waals surface area contributed by atoms with Gasteiger partial charge < -0.3 is 65.1 Å². The van der Waals surface area contributed by atoms with Gasteiger partial charge in [0.1, 0.15) is 48.8 Å². The summed E-state index contributed by atoms with van der Waals surface area (Å²) in [5.41, 5.74) is 0. The average Bonchev–Trinajstić information content (AvgIpc) is 3.28. The Bertz CT molecular complexity index is 1420. The highest BCUT2D eigenvalue weighted by Crippen LogP contribution is 2.29. The van der Waals surface area contributed by atoms with Gasteiger partial charge in [-0.2, -0.15) is 0 Å². The first-order chi connectivity index (χ1) is 30.6. The molecule has 0 aromatic heterocycles. The van der Waals surface area contributed by atoms with Gasteiger partial charge in [-0.15, -0.1) is 0 Å². The predicted octanol–water partition coefficient (Wildman–Crippen LogP) is 4.81. The third kappa shape index (κ3) is 23.1. The normalized spacial score (nSPS) is 28.4. The van der Waals surface area contributed by atoms with Crippen LogP contribution in [0.5, 0.6) is 0 Å². The fraction of sp³-hybridized carbons (Fsp3) is 0.653. The highest BCUT2D eigenvalue weighted by atomic mass is 16.7. The molecule has 63 heavy (non-hydrogen) atoms. The number of nitrogens with one attached hydrogen (secondary N) is 1. The summed E-state index contributed by atoms with van der Waals surface area (Å²) in [7, 11) is 0. The fourth-order valence-corrected chi connectivity index (χ4v) is 6.74. The van der Waals surface area contributed by atoms with Gasteiger partial charge in [-0.05, 0) is 70.6 Å². The van der Waals surface area contributed by atoms with Gasteiger partial charge in [0.15, 0.2) is 12.6 Å². The molecule has 0 spiro atoms. The van der Waals surface area contributed by atoms with Crippen LogP contribution in [0.2, 0.25) is 0 Å². The van der Waals surface area contributed by atoms with Gasteiger partial charge >= 0.3 is 0 Å². The first-order valence-electron chi connectivity index (χ1n) is 23.0. The highest BCUT2D eigenvalue weighted by molar-refractivity contribution is 5.76. The van der Waals surface area contributed by atoms with Crippen molar-refractivity contribution in [1.29, 1.82) is 0 Å². The quantitative estimate of drug-likeness (QED) is 0.0327. The van der Waals surface area contributed by atoms with E-state index in [1.165, 1.54) is 19.3 Å². The van der Waals surface area contributed by atoms with Crippen LogP contribution in [0, 0.1) is 0 Å². The first kappa shape index (κ1) is 56.0. The molecule has 14 heteroatoms. The van der Waals surface area contributed by atoms with Crippen molar-refractivity contribution in [3.05, 3.63) is 97.2 Å². The van der Waals surface area contributed by atoms with E-state index in [1.807, 2.05) is 18.2 Å². The summed E-state index contributed by atoms with van der Waals surface area (Å²) >= 11 is 0. The lowest BCUT2D eigenvalue weighted by atomic mass is 9.97. The molecule has 0 radical (unpaired) electrons. The second kappa shape index (κ2) is 35.2. The topological polar surface area (TPSA) is 228 Å². The van der Waals surface area contributed by atoms with Crippen molar-refractivity contribution in [3.63, 3.8) is 0 Å². The molecule has 9 N–H and O–H groups in total. The van der Waals surface area contributed by atoms with Crippen molar-refractivity contribution in [2.45, 2.75) is 184 Å². The number of hydrogen-bond acceptors (Lipinski definition) is 13. The van der Waals surface area contributed by atoms with E-state index in [0.29, 0.717) is 12.8 Å². The molecule has 12 atom stereocenters. The van der Waals surface area contributed by atoms with E-state index in [1.54, 1.807) is 6.08 Å². The zero-order valence-electron chi connectivity index (χ0n) is 37.5. The molecule has 2 rings (SSSR count). The van der Waals surface area contributed by atoms with Gasteiger partial charge in [0.2, 0.25) is 5.91 Å². The molecule has 2 heterocycles. The molecule has 2 aliphatic heterocycles. The average molecular weight is 890 g/mol. The molecule has 0 aromatic carbocycles. The molecular weight excluding hydrogens is 811 g/mol. The molecule has 2 saturated heterocycles. The van der Waals surface area contributed by atoms with Crippen LogP contribution in [0.3, 0.4) is 0 Å². The number of ether oxygens (including phenoxy) is 4. The second-order valence-electron chi connectivity index (χ2n) is 15.8. The SMILES string of the molecule is CC/C=C\C/C=C\C/C=C\C/C=C\C/C=C\C/C=C\CCC(=O)NC(COC1OC(CO)C(OC2OC(CO)C(O)C(O)C2O)C(O)C1O)C(O)/C=C/CC/C=C/CCCCCC. The van der Waals surface area contributed by atoms with Crippen LogP contribution in [-0.4, -0.2) is 140 Å². The Labute approximate surface area is 375 Å². The Morgan fingerprint density at radius 3 is 1.70 bits per heavy atom. The molecular formula is C49H79NO13. The maximum Gasteiger partial charge on any atom is 0.220 e. The number of allylic oxidation sites excluding steroid dienone is 15. The van der Waals surface area contributed by atoms with Crippen molar-refractivity contribution >= 4 is 5.91 Å². The van der Waals surface area contributed by atoms with Gasteiger partial charge in [0.25, 0.3) is 0 Å². The maximum atomic E-state index is 13.1. The van der Waals surface area contributed by atoms with Crippen molar-refractivity contribution in [3.8, 4) is 0 Å². The molecule has 0 bridgehead atoms. The molecule has 0 saturated carbocycles. The van der Waals surface area contributed by atoms with Crippen LogP contribution in [-0.2, 0) is 23.7 Å². The van der Waals surface area contributed by atoms with Crippen molar-refractivity contribution in [2.75, 3.05) is 19.8 Å². The molecule has 1 amide bonds. The largest absolute Gasteiger partial charge is 0.394 e. The van der Waals surface area contributed by atoms with Gasteiger partial charge in [-0.3, -0.25) is 4.79 Å².